The van der Waals surface area contributed by atoms with Gasteiger partial charge in [0.15, 0.2) is 5.78 Å². The molecule has 1 heterocycles. The molecular weight excluding hydrogens is 316 g/mol. The first kappa shape index (κ1) is 14.5. The van der Waals surface area contributed by atoms with Crippen LogP contribution in [0.25, 0.3) is 6.08 Å². The van der Waals surface area contributed by atoms with Gasteiger partial charge in [0, 0.05) is 31.5 Å². The number of pyridine rings is 1. The quantitative estimate of drug-likeness (QED) is 0.485. The Bertz CT molecular complexity index is 616. The number of rotatable bonds is 4. The molecule has 2 aromatic rings. The standard InChI is InChI=1S/C16H15BrN2O/c1-19(2)14-7-3-12(4-8-14)5-9-15(20)13-6-10-16(17)18-11-13/h3-11H,1-2H3/b9-5+. The molecule has 0 aliphatic rings. The number of benzene rings is 1. The number of hydrogen-bond donors (Lipinski definition) is 0. The molecule has 0 saturated carbocycles. The van der Waals surface area contributed by atoms with E-state index in [0.29, 0.717) is 5.56 Å². The number of nitrogens with zero attached hydrogens (tertiary/aromatic N) is 2. The molecule has 4 heteroatoms. The zero-order chi connectivity index (χ0) is 14.5. The van der Waals surface area contributed by atoms with Crippen molar-refractivity contribution in [3.05, 3.63) is 64.4 Å². The Hall–Kier alpha value is -1.94. The van der Waals surface area contributed by atoms with E-state index in [1.54, 1.807) is 24.4 Å². The van der Waals surface area contributed by atoms with Gasteiger partial charge in [-0.1, -0.05) is 18.2 Å². The highest BCUT2D eigenvalue weighted by Crippen LogP contribution is 2.14. The van der Waals surface area contributed by atoms with E-state index in [-0.39, 0.29) is 5.78 Å². The molecule has 20 heavy (non-hydrogen) atoms. The van der Waals surface area contributed by atoms with E-state index in [0.717, 1.165) is 15.9 Å². The minimum atomic E-state index is -0.0540. The van der Waals surface area contributed by atoms with Crippen molar-refractivity contribution in [3.8, 4) is 0 Å². The molecule has 0 fully saturated rings. The number of halogens is 1. The summed E-state index contributed by atoms with van der Waals surface area (Å²) >= 11 is 3.24. The van der Waals surface area contributed by atoms with Gasteiger partial charge in [0.25, 0.3) is 0 Å². The molecule has 0 saturated heterocycles. The van der Waals surface area contributed by atoms with Gasteiger partial charge in [-0.25, -0.2) is 4.98 Å². The van der Waals surface area contributed by atoms with Crippen molar-refractivity contribution >= 4 is 33.5 Å². The summed E-state index contributed by atoms with van der Waals surface area (Å²) in [6.07, 6.45) is 4.94. The molecule has 0 atom stereocenters. The van der Waals surface area contributed by atoms with Crippen molar-refractivity contribution in [3.63, 3.8) is 0 Å². The van der Waals surface area contributed by atoms with Gasteiger partial charge >= 0.3 is 0 Å². The Kier molecular flexibility index (Phi) is 4.69. The fourth-order valence-corrected chi connectivity index (χ4v) is 1.91. The van der Waals surface area contributed by atoms with Crippen LogP contribution in [0.1, 0.15) is 15.9 Å². The third-order valence-electron chi connectivity index (χ3n) is 2.85. The van der Waals surface area contributed by atoms with Crippen molar-refractivity contribution in [1.29, 1.82) is 0 Å². The Morgan fingerprint density at radius 2 is 1.85 bits per heavy atom. The Morgan fingerprint density at radius 1 is 1.15 bits per heavy atom. The van der Waals surface area contributed by atoms with Gasteiger partial charge in [-0.05, 0) is 51.8 Å². The summed E-state index contributed by atoms with van der Waals surface area (Å²) in [6, 6.07) is 11.5. The smallest absolute Gasteiger partial charge is 0.187 e. The summed E-state index contributed by atoms with van der Waals surface area (Å²) in [4.78, 5) is 18.0. The molecule has 0 unspecified atom stereocenters. The second-order valence-electron chi connectivity index (χ2n) is 4.55. The van der Waals surface area contributed by atoms with Gasteiger partial charge in [-0.2, -0.15) is 0 Å². The summed E-state index contributed by atoms with van der Waals surface area (Å²) in [6.45, 7) is 0. The lowest BCUT2D eigenvalue weighted by molar-refractivity contribution is 0.104. The van der Waals surface area contributed by atoms with E-state index in [2.05, 4.69) is 20.9 Å². The van der Waals surface area contributed by atoms with Crippen molar-refractivity contribution in [2.45, 2.75) is 0 Å². The second-order valence-corrected chi connectivity index (χ2v) is 5.37. The molecule has 3 nitrogen and oxygen atoms in total. The highest BCUT2D eigenvalue weighted by Gasteiger charge is 2.02. The molecular formula is C16H15BrN2O. The largest absolute Gasteiger partial charge is 0.378 e. The topological polar surface area (TPSA) is 33.2 Å². The van der Waals surface area contributed by atoms with Gasteiger partial charge < -0.3 is 4.90 Å². The number of allylic oxidation sites excluding steroid dienone is 1. The van der Waals surface area contributed by atoms with Crippen LogP contribution in [0.15, 0.2) is 53.3 Å². The van der Waals surface area contributed by atoms with Crippen molar-refractivity contribution < 1.29 is 4.79 Å². The van der Waals surface area contributed by atoms with Crippen LogP contribution in [0.3, 0.4) is 0 Å². The van der Waals surface area contributed by atoms with E-state index in [9.17, 15) is 4.79 Å². The lowest BCUT2D eigenvalue weighted by Gasteiger charge is -2.11. The van der Waals surface area contributed by atoms with Crippen molar-refractivity contribution in [1.82, 2.24) is 4.98 Å². The third-order valence-corrected chi connectivity index (χ3v) is 3.32. The first-order valence-electron chi connectivity index (χ1n) is 6.17. The van der Waals surface area contributed by atoms with Gasteiger partial charge in [-0.3, -0.25) is 4.79 Å². The highest BCUT2D eigenvalue weighted by molar-refractivity contribution is 9.10. The Labute approximate surface area is 127 Å². The van der Waals surface area contributed by atoms with Crippen LogP contribution >= 0.6 is 15.9 Å². The molecule has 0 spiro atoms. The molecule has 102 valence electrons. The minimum Gasteiger partial charge on any atom is -0.378 e. The number of anilines is 1. The lowest BCUT2D eigenvalue weighted by Crippen LogP contribution is -2.07. The summed E-state index contributed by atoms with van der Waals surface area (Å²) in [5.41, 5.74) is 2.70. The third kappa shape index (κ3) is 3.78. The van der Waals surface area contributed by atoms with Crippen LogP contribution < -0.4 is 4.90 Å². The number of carbonyl (C=O) groups is 1. The monoisotopic (exact) mass is 330 g/mol. The lowest BCUT2D eigenvalue weighted by atomic mass is 10.1. The molecule has 0 aliphatic carbocycles. The fourth-order valence-electron chi connectivity index (χ4n) is 1.67. The molecule has 0 radical (unpaired) electrons. The predicted octanol–water partition coefficient (Wildman–Crippen LogP) is 3.81. The van der Waals surface area contributed by atoms with Gasteiger partial charge in [0.1, 0.15) is 4.60 Å². The Balaban J connectivity index is 2.08. The summed E-state index contributed by atoms with van der Waals surface area (Å²) in [7, 11) is 3.99. The number of ketones is 1. The maximum Gasteiger partial charge on any atom is 0.187 e. The van der Waals surface area contributed by atoms with Crippen LogP contribution in [-0.2, 0) is 0 Å². The number of aromatic nitrogens is 1. The maximum atomic E-state index is 12.0. The number of hydrogen-bond acceptors (Lipinski definition) is 3. The van der Waals surface area contributed by atoms with E-state index < -0.39 is 0 Å². The predicted molar refractivity (Wildman–Crippen MR) is 86.1 cm³/mol. The average molecular weight is 331 g/mol. The van der Waals surface area contributed by atoms with E-state index in [1.165, 1.54) is 0 Å². The Morgan fingerprint density at radius 3 is 2.40 bits per heavy atom. The fraction of sp³-hybridized carbons (Fsp3) is 0.125. The molecule has 0 bridgehead atoms. The van der Waals surface area contributed by atoms with Crippen LogP contribution in [0.5, 0.6) is 0 Å². The first-order chi connectivity index (χ1) is 9.56. The first-order valence-corrected chi connectivity index (χ1v) is 6.97. The van der Waals surface area contributed by atoms with Crippen molar-refractivity contribution in [2.24, 2.45) is 0 Å². The van der Waals surface area contributed by atoms with Gasteiger partial charge in [0.05, 0.1) is 0 Å². The molecule has 1 aromatic heterocycles. The van der Waals surface area contributed by atoms with Crippen LogP contribution in [0, 0.1) is 0 Å². The zero-order valence-corrected chi connectivity index (χ0v) is 13.0. The van der Waals surface area contributed by atoms with Crippen LogP contribution in [0.4, 0.5) is 5.69 Å². The summed E-state index contributed by atoms with van der Waals surface area (Å²) < 4.78 is 0.720. The second kappa shape index (κ2) is 6.48. The molecule has 0 aliphatic heterocycles. The van der Waals surface area contributed by atoms with E-state index >= 15 is 0 Å². The number of carbonyl (C=O) groups excluding carboxylic acids is 1. The zero-order valence-electron chi connectivity index (χ0n) is 11.4. The highest BCUT2D eigenvalue weighted by atomic mass is 79.9. The van der Waals surface area contributed by atoms with E-state index in [1.807, 2.05) is 49.3 Å². The van der Waals surface area contributed by atoms with Crippen LogP contribution in [-0.4, -0.2) is 24.9 Å². The van der Waals surface area contributed by atoms with E-state index in [4.69, 9.17) is 0 Å². The normalized spacial score (nSPS) is 10.8. The summed E-state index contributed by atoms with van der Waals surface area (Å²) in [5.74, 6) is -0.0540. The van der Waals surface area contributed by atoms with Gasteiger partial charge in [-0.15, -0.1) is 0 Å². The molecule has 0 N–H and O–H groups in total. The average Bonchev–Trinajstić information content (AvgIpc) is 2.46. The molecule has 2 rings (SSSR count). The van der Waals surface area contributed by atoms with Crippen molar-refractivity contribution in [2.75, 3.05) is 19.0 Å². The van der Waals surface area contributed by atoms with Crippen LogP contribution in [0.2, 0.25) is 0 Å². The van der Waals surface area contributed by atoms with Gasteiger partial charge in [0.2, 0.25) is 0 Å². The SMILES string of the molecule is CN(C)c1ccc(/C=C/C(=O)c2ccc(Br)nc2)cc1. The maximum absolute atomic E-state index is 12.0. The molecule has 1 aromatic carbocycles. The molecule has 0 amide bonds. The minimum absolute atomic E-state index is 0.0540. The summed E-state index contributed by atoms with van der Waals surface area (Å²) in [5, 5.41) is 0.